The third-order valence-electron chi connectivity index (χ3n) is 3.13. The Morgan fingerprint density at radius 3 is 3.00 bits per heavy atom. The third-order valence-corrected chi connectivity index (χ3v) is 3.13. The normalized spacial score (nSPS) is 18.8. The van der Waals surface area contributed by atoms with E-state index < -0.39 is 5.97 Å². The number of piperidine rings is 1. The number of carbonyl (C=O) groups is 2. The van der Waals surface area contributed by atoms with Gasteiger partial charge >= 0.3 is 5.97 Å². The maximum atomic E-state index is 11.9. The van der Waals surface area contributed by atoms with Crippen LogP contribution in [-0.4, -0.2) is 34.6 Å². The van der Waals surface area contributed by atoms with Gasteiger partial charge in [-0.05, 0) is 31.5 Å². The number of amides is 1. The van der Waals surface area contributed by atoms with Gasteiger partial charge in [0.2, 0.25) is 5.91 Å². The second-order valence-corrected chi connectivity index (χ2v) is 4.56. The molecule has 1 aromatic rings. The Balaban J connectivity index is 1.89. The molecule has 6 nitrogen and oxygen atoms in total. The Hall–Kier alpha value is -1.95. The van der Waals surface area contributed by atoms with E-state index in [1.54, 1.807) is 0 Å². The molecule has 0 aliphatic carbocycles. The Morgan fingerprint density at radius 2 is 2.32 bits per heavy atom. The van der Waals surface area contributed by atoms with E-state index in [0.717, 1.165) is 25.8 Å². The van der Waals surface area contributed by atoms with Crippen LogP contribution in [0.25, 0.3) is 0 Å². The zero-order chi connectivity index (χ0) is 13.7. The molecule has 1 atom stereocenters. The van der Waals surface area contributed by atoms with E-state index in [2.05, 4.69) is 15.6 Å². The second kappa shape index (κ2) is 6.29. The van der Waals surface area contributed by atoms with Crippen molar-refractivity contribution < 1.29 is 14.7 Å². The van der Waals surface area contributed by atoms with Crippen LogP contribution in [0.3, 0.4) is 0 Å². The van der Waals surface area contributed by atoms with Gasteiger partial charge in [0.15, 0.2) is 0 Å². The molecule has 1 fully saturated rings. The molecule has 0 bridgehead atoms. The van der Waals surface area contributed by atoms with Crippen molar-refractivity contribution in [3.8, 4) is 0 Å². The maximum absolute atomic E-state index is 11.9. The average molecular weight is 263 g/mol. The highest BCUT2D eigenvalue weighted by Crippen LogP contribution is 2.07. The summed E-state index contributed by atoms with van der Waals surface area (Å²) in [6.07, 6.45) is 4.43. The SMILES string of the molecule is O=C(O)c1ccnc(CNC(=O)[C@@H]2CCCCN2)c1. The van der Waals surface area contributed by atoms with Crippen LogP contribution in [-0.2, 0) is 11.3 Å². The molecule has 19 heavy (non-hydrogen) atoms. The van der Waals surface area contributed by atoms with Gasteiger partial charge < -0.3 is 15.7 Å². The lowest BCUT2D eigenvalue weighted by Crippen LogP contribution is -2.46. The van der Waals surface area contributed by atoms with Gasteiger partial charge in [-0.3, -0.25) is 9.78 Å². The van der Waals surface area contributed by atoms with Crippen LogP contribution in [0, 0.1) is 0 Å². The Bertz CT molecular complexity index is 470. The standard InChI is InChI=1S/C13H17N3O3/c17-12(11-3-1-2-5-15-11)16-8-10-7-9(13(18)19)4-6-14-10/h4,6-7,11,15H,1-3,5,8H2,(H,16,17)(H,18,19)/t11-/m0/s1. The van der Waals surface area contributed by atoms with Gasteiger partial charge in [-0.25, -0.2) is 4.79 Å². The van der Waals surface area contributed by atoms with Crippen molar-refractivity contribution in [1.82, 2.24) is 15.6 Å². The number of hydrogen-bond acceptors (Lipinski definition) is 4. The highest BCUT2D eigenvalue weighted by Gasteiger charge is 2.20. The van der Waals surface area contributed by atoms with Gasteiger partial charge in [-0.15, -0.1) is 0 Å². The minimum atomic E-state index is -0.996. The minimum Gasteiger partial charge on any atom is -0.478 e. The van der Waals surface area contributed by atoms with E-state index in [1.165, 1.54) is 18.3 Å². The maximum Gasteiger partial charge on any atom is 0.335 e. The summed E-state index contributed by atoms with van der Waals surface area (Å²) in [5.74, 6) is -1.05. The molecular weight excluding hydrogens is 246 g/mol. The number of rotatable bonds is 4. The van der Waals surface area contributed by atoms with E-state index in [-0.39, 0.29) is 24.1 Å². The van der Waals surface area contributed by atoms with Gasteiger partial charge in [0.05, 0.1) is 23.8 Å². The smallest absolute Gasteiger partial charge is 0.335 e. The molecule has 0 aromatic carbocycles. The molecule has 0 unspecified atom stereocenters. The van der Waals surface area contributed by atoms with E-state index in [0.29, 0.717) is 5.69 Å². The van der Waals surface area contributed by atoms with Crippen LogP contribution in [0.15, 0.2) is 18.3 Å². The minimum absolute atomic E-state index is 0.0535. The van der Waals surface area contributed by atoms with Gasteiger partial charge in [-0.2, -0.15) is 0 Å². The number of nitrogens with zero attached hydrogens (tertiary/aromatic N) is 1. The first-order chi connectivity index (χ1) is 9.16. The molecule has 1 amide bonds. The van der Waals surface area contributed by atoms with Crippen LogP contribution < -0.4 is 10.6 Å². The monoisotopic (exact) mass is 263 g/mol. The zero-order valence-corrected chi connectivity index (χ0v) is 10.6. The molecule has 1 aliphatic heterocycles. The van der Waals surface area contributed by atoms with Crippen LogP contribution in [0.2, 0.25) is 0 Å². The zero-order valence-electron chi connectivity index (χ0n) is 10.6. The van der Waals surface area contributed by atoms with E-state index in [9.17, 15) is 9.59 Å². The molecule has 0 spiro atoms. The fourth-order valence-electron chi connectivity index (χ4n) is 2.08. The molecule has 1 aliphatic rings. The Kier molecular flexibility index (Phi) is 4.46. The average Bonchev–Trinajstić information content (AvgIpc) is 2.46. The first kappa shape index (κ1) is 13.5. The summed E-state index contributed by atoms with van der Waals surface area (Å²) in [6, 6.07) is 2.75. The van der Waals surface area contributed by atoms with Gasteiger partial charge in [0, 0.05) is 6.20 Å². The van der Waals surface area contributed by atoms with Gasteiger partial charge in [-0.1, -0.05) is 6.42 Å². The van der Waals surface area contributed by atoms with Crippen molar-refractivity contribution in [2.45, 2.75) is 31.8 Å². The predicted molar refractivity (Wildman–Crippen MR) is 68.7 cm³/mol. The van der Waals surface area contributed by atoms with E-state index in [4.69, 9.17) is 5.11 Å². The highest BCUT2D eigenvalue weighted by molar-refractivity contribution is 5.87. The summed E-state index contributed by atoms with van der Waals surface area (Å²) >= 11 is 0. The first-order valence-corrected chi connectivity index (χ1v) is 6.36. The van der Waals surface area contributed by atoms with E-state index in [1.807, 2.05) is 0 Å². The van der Waals surface area contributed by atoms with Crippen LogP contribution in [0.4, 0.5) is 0 Å². The number of nitrogens with one attached hydrogen (secondary N) is 2. The van der Waals surface area contributed by atoms with Crippen molar-refractivity contribution in [1.29, 1.82) is 0 Å². The quantitative estimate of drug-likeness (QED) is 0.737. The van der Waals surface area contributed by atoms with Crippen molar-refractivity contribution >= 4 is 11.9 Å². The number of aromatic nitrogens is 1. The van der Waals surface area contributed by atoms with Gasteiger partial charge in [0.25, 0.3) is 0 Å². The van der Waals surface area contributed by atoms with Crippen LogP contribution in [0.1, 0.15) is 35.3 Å². The van der Waals surface area contributed by atoms with Gasteiger partial charge in [0.1, 0.15) is 0 Å². The summed E-state index contributed by atoms with van der Waals surface area (Å²) in [5, 5.41) is 14.8. The predicted octanol–water partition coefficient (Wildman–Crippen LogP) is 0.538. The number of aromatic carboxylic acids is 1. The van der Waals surface area contributed by atoms with Crippen molar-refractivity contribution in [2.75, 3.05) is 6.54 Å². The summed E-state index contributed by atoms with van der Waals surface area (Å²) in [4.78, 5) is 26.7. The topological polar surface area (TPSA) is 91.3 Å². The molecule has 1 saturated heterocycles. The number of hydrogen-bond donors (Lipinski definition) is 3. The molecule has 1 aromatic heterocycles. The number of carboxylic acid groups (broad SMARTS) is 1. The second-order valence-electron chi connectivity index (χ2n) is 4.56. The van der Waals surface area contributed by atoms with E-state index >= 15 is 0 Å². The van der Waals surface area contributed by atoms with Crippen molar-refractivity contribution in [2.24, 2.45) is 0 Å². The number of carboxylic acids is 1. The summed E-state index contributed by atoms with van der Waals surface area (Å²) in [5.41, 5.74) is 0.721. The first-order valence-electron chi connectivity index (χ1n) is 6.36. The largest absolute Gasteiger partial charge is 0.478 e. The molecule has 2 rings (SSSR count). The molecule has 2 heterocycles. The third kappa shape index (κ3) is 3.75. The molecule has 0 radical (unpaired) electrons. The lowest BCUT2D eigenvalue weighted by Gasteiger charge is -2.22. The Morgan fingerprint density at radius 1 is 1.47 bits per heavy atom. The number of pyridine rings is 1. The van der Waals surface area contributed by atoms with Crippen LogP contribution in [0.5, 0.6) is 0 Å². The molecule has 3 N–H and O–H groups in total. The van der Waals surface area contributed by atoms with Crippen LogP contribution >= 0.6 is 0 Å². The number of carbonyl (C=O) groups excluding carboxylic acids is 1. The van der Waals surface area contributed by atoms with Crippen molar-refractivity contribution in [3.63, 3.8) is 0 Å². The molecule has 6 heteroatoms. The van der Waals surface area contributed by atoms with Crippen molar-refractivity contribution in [3.05, 3.63) is 29.6 Å². The highest BCUT2D eigenvalue weighted by atomic mass is 16.4. The lowest BCUT2D eigenvalue weighted by atomic mass is 10.0. The fourth-order valence-corrected chi connectivity index (χ4v) is 2.08. The fraction of sp³-hybridized carbons (Fsp3) is 0.462. The summed E-state index contributed by atoms with van der Waals surface area (Å²) in [6.45, 7) is 1.11. The summed E-state index contributed by atoms with van der Waals surface area (Å²) < 4.78 is 0. The molecule has 0 saturated carbocycles. The Labute approximate surface area is 111 Å². The molecular formula is C13H17N3O3. The lowest BCUT2D eigenvalue weighted by molar-refractivity contribution is -0.123. The summed E-state index contributed by atoms with van der Waals surface area (Å²) in [7, 11) is 0. The molecule has 102 valence electrons.